The molecule has 2 rings (SSSR count). The topological polar surface area (TPSA) is 189 Å². The number of nitrogens with zero attached hydrogens (tertiary/aromatic N) is 2. The maximum Gasteiger partial charge on any atom is 0.596 e. The van der Waals surface area contributed by atoms with Crippen molar-refractivity contribution in [1.82, 2.24) is 0 Å². The fraction of sp³-hybridized carbons (Fsp3) is 0. The molecule has 0 unspecified atom stereocenters. The van der Waals surface area contributed by atoms with Gasteiger partial charge in [0.1, 0.15) is 11.5 Å². The van der Waals surface area contributed by atoms with Crippen molar-refractivity contribution >= 4 is 27.0 Å². The molecular formula is C12H10N2O11P2. The van der Waals surface area contributed by atoms with Crippen LogP contribution in [0, 0.1) is 20.2 Å². The van der Waals surface area contributed by atoms with E-state index in [1.165, 1.54) is 0 Å². The predicted molar refractivity (Wildman–Crippen MR) is 88.2 cm³/mol. The number of phosphoric acid groups is 2. The van der Waals surface area contributed by atoms with E-state index in [0.29, 0.717) is 0 Å². The second kappa shape index (κ2) is 7.82. The van der Waals surface area contributed by atoms with Gasteiger partial charge < -0.3 is 18.8 Å². The first kappa shape index (κ1) is 20.5. The molecule has 0 fully saturated rings. The van der Waals surface area contributed by atoms with Crippen molar-refractivity contribution in [3.05, 3.63) is 68.8 Å². The van der Waals surface area contributed by atoms with E-state index in [1.54, 1.807) is 0 Å². The number of benzene rings is 2. The molecule has 0 aliphatic carbocycles. The Hall–Kier alpha value is -2.82. The highest BCUT2D eigenvalue weighted by molar-refractivity contribution is 7.61. The van der Waals surface area contributed by atoms with Gasteiger partial charge in [-0.3, -0.25) is 20.2 Å². The molecule has 0 amide bonds. The van der Waals surface area contributed by atoms with E-state index in [1.807, 2.05) is 0 Å². The van der Waals surface area contributed by atoms with Gasteiger partial charge in [-0.2, -0.15) is 4.31 Å². The summed E-state index contributed by atoms with van der Waals surface area (Å²) < 4.78 is 37.5. The van der Waals surface area contributed by atoms with Crippen LogP contribution in [0.5, 0.6) is 11.5 Å². The van der Waals surface area contributed by atoms with E-state index in [-0.39, 0.29) is 22.9 Å². The molecule has 2 N–H and O–H groups in total. The molecule has 0 heterocycles. The first-order valence-corrected chi connectivity index (χ1v) is 9.71. The molecule has 0 aliphatic heterocycles. The van der Waals surface area contributed by atoms with Gasteiger partial charge in [0, 0.05) is 24.3 Å². The average Bonchev–Trinajstić information content (AvgIpc) is 2.53. The van der Waals surface area contributed by atoms with Crippen molar-refractivity contribution in [3.8, 4) is 11.5 Å². The second-order valence-electron chi connectivity index (χ2n) is 4.70. The van der Waals surface area contributed by atoms with E-state index >= 15 is 0 Å². The lowest BCUT2D eigenvalue weighted by atomic mass is 10.3. The highest BCUT2D eigenvalue weighted by atomic mass is 31.3. The van der Waals surface area contributed by atoms with Crippen LogP contribution >= 0.6 is 15.6 Å². The minimum Gasteiger partial charge on any atom is -0.395 e. The highest BCUT2D eigenvalue weighted by Gasteiger charge is 2.39. The standard InChI is InChI=1S/C12H10N2O11P2/c15-13(16)9-1-5-11(6-2-9)23-27(22,25-26(19,20)21)24-12-7-3-10(4-8-12)14(17)18/h1-8H,(H2,19,20,21). The average molecular weight is 420 g/mol. The van der Waals surface area contributed by atoms with Crippen molar-refractivity contribution < 1.29 is 42.1 Å². The van der Waals surface area contributed by atoms with Crippen LogP contribution in [-0.4, -0.2) is 19.6 Å². The van der Waals surface area contributed by atoms with Gasteiger partial charge in [-0.05, 0) is 24.3 Å². The summed E-state index contributed by atoms with van der Waals surface area (Å²) in [6, 6.07) is 7.98. The SMILES string of the molecule is O=[N+]([O-])c1ccc(OP(=O)(Oc2ccc([N+](=O)[O-])cc2)OP(=O)(O)O)cc1. The van der Waals surface area contributed by atoms with Gasteiger partial charge in [-0.15, -0.1) is 0 Å². The summed E-state index contributed by atoms with van der Waals surface area (Å²) in [5.74, 6) is -0.612. The molecule has 0 saturated heterocycles. The Labute approximate surface area is 150 Å². The quantitative estimate of drug-likeness (QED) is 0.362. The number of phosphoric ester groups is 1. The molecule has 144 valence electrons. The van der Waals surface area contributed by atoms with Gasteiger partial charge in [-0.25, -0.2) is 9.13 Å². The van der Waals surface area contributed by atoms with Crippen LogP contribution in [-0.2, 0) is 13.4 Å². The molecule has 0 spiro atoms. The lowest BCUT2D eigenvalue weighted by Gasteiger charge is -2.18. The summed E-state index contributed by atoms with van der Waals surface area (Å²) in [7, 11) is -10.3. The van der Waals surface area contributed by atoms with Gasteiger partial charge in [0.2, 0.25) is 0 Å². The highest BCUT2D eigenvalue weighted by Crippen LogP contribution is 2.60. The Kier molecular flexibility index (Phi) is 5.94. The summed E-state index contributed by atoms with van der Waals surface area (Å²) in [6.45, 7) is 0. The summed E-state index contributed by atoms with van der Waals surface area (Å²) in [4.78, 5) is 37.7. The van der Waals surface area contributed by atoms with Crippen LogP contribution in [0.15, 0.2) is 48.5 Å². The number of nitro groups is 2. The molecule has 13 nitrogen and oxygen atoms in total. The number of non-ortho nitro benzene ring substituents is 2. The normalized spacial score (nSPS) is 11.6. The van der Waals surface area contributed by atoms with Crippen molar-refractivity contribution in [3.63, 3.8) is 0 Å². The van der Waals surface area contributed by atoms with E-state index in [2.05, 4.69) is 4.31 Å². The zero-order valence-corrected chi connectivity index (χ0v) is 14.8. The Balaban J connectivity index is 2.28. The number of hydrogen-bond acceptors (Lipinski definition) is 9. The smallest absolute Gasteiger partial charge is 0.395 e. The zero-order chi connectivity index (χ0) is 20.2. The first-order valence-electron chi connectivity index (χ1n) is 6.72. The summed E-state index contributed by atoms with van der Waals surface area (Å²) in [5, 5.41) is 21.2. The minimum atomic E-state index is -5.34. The van der Waals surface area contributed by atoms with Gasteiger partial charge in [0.15, 0.2) is 0 Å². The fourth-order valence-corrected chi connectivity index (χ4v) is 3.80. The maximum absolute atomic E-state index is 12.6. The second-order valence-corrected chi connectivity index (χ2v) is 7.60. The van der Waals surface area contributed by atoms with Crippen molar-refractivity contribution in [2.24, 2.45) is 0 Å². The van der Waals surface area contributed by atoms with Gasteiger partial charge in [0.25, 0.3) is 11.4 Å². The molecule has 0 aliphatic rings. The van der Waals surface area contributed by atoms with E-state index in [4.69, 9.17) is 18.8 Å². The predicted octanol–water partition coefficient (Wildman–Crippen LogP) is 3.18. The maximum atomic E-state index is 12.6. The van der Waals surface area contributed by atoms with Gasteiger partial charge in [0.05, 0.1) is 9.85 Å². The molecule has 0 aromatic heterocycles. The summed E-state index contributed by atoms with van der Waals surface area (Å²) in [5.41, 5.74) is -0.631. The fourth-order valence-electron chi connectivity index (χ4n) is 1.70. The molecule has 15 heteroatoms. The van der Waals surface area contributed by atoms with E-state index in [9.17, 15) is 29.4 Å². The molecule has 2 aromatic rings. The van der Waals surface area contributed by atoms with Gasteiger partial charge in [-0.1, -0.05) is 0 Å². The van der Waals surface area contributed by atoms with Crippen LogP contribution in [0.4, 0.5) is 11.4 Å². The van der Waals surface area contributed by atoms with Crippen LogP contribution in [0.1, 0.15) is 0 Å². The van der Waals surface area contributed by atoms with Crippen molar-refractivity contribution in [2.75, 3.05) is 0 Å². The number of nitro benzene ring substituents is 2. The van der Waals surface area contributed by atoms with E-state index in [0.717, 1.165) is 48.5 Å². The Morgan fingerprint density at radius 3 is 1.33 bits per heavy atom. The van der Waals surface area contributed by atoms with Crippen LogP contribution in [0.25, 0.3) is 0 Å². The largest absolute Gasteiger partial charge is 0.596 e. The molecule has 0 atom stereocenters. The lowest BCUT2D eigenvalue weighted by molar-refractivity contribution is -0.385. The third-order valence-electron chi connectivity index (χ3n) is 2.74. The van der Waals surface area contributed by atoms with Gasteiger partial charge >= 0.3 is 15.6 Å². The Morgan fingerprint density at radius 2 is 1.07 bits per heavy atom. The van der Waals surface area contributed by atoms with Crippen LogP contribution in [0.2, 0.25) is 0 Å². The Morgan fingerprint density at radius 1 is 0.741 bits per heavy atom. The minimum absolute atomic E-state index is 0.306. The van der Waals surface area contributed by atoms with Crippen LogP contribution in [0.3, 0.4) is 0 Å². The molecule has 27 heavy (non-hydrogen) atoms. The molecule has 2 aromatic carbocycles. The van der Waals surface area contributed by atoms with Crippen molar-refractivity contribution in [2.45, 2.75) is 0 Å². The van der Waals surface area contributed by atoms with E-state index < -0.39 is 25.5 Å². The number of hydrogen-bond donors (Lipinski definition) is 2. The molecule has 0 radical (unpaired) electrons. The first-order chi connectivity index (χ1) is 12.5. The third-order valence-corrected chi connectivity index (χ3v) is 5.26. The lowest BCUT2D eigenvalue weighted by Crippen LogP contribution is -2.04. The molecule has 0 bridgehead atoms. The summed E-state index contributed by atoms with van der Waals surface area (Å²) in [6.07, 6.45) is 0. The zero-order valence-electron chi connectivity index (χ0n) is 13.0. The number of rotatable bonds is 8. The summed E-state index contributed by atoms with van der Waals surface area (Å²) >= 11 is 0. The molecular weight excluding hydrogens is 410 g/mol. The molecule has 0 saturated carbocycles. The Bertz CT molecular complexity index is 875. The third kappa shape index (κ3) is 6.13. The monoisotopic (exact) mass is 420 g/mol. The van der Waals surface area contributed by atoms with Crippen LogP contribution < -0.4 is 9.05 Å². The van der Waals surface area contributed by atoms with Crippen molar-refractivity contribution in [1.29, 1.82) is 0 Å².